The summed E-state index contributed by atoms with van der Waals surface area (Å²) in [6.45, 7) is 1.93. The van der Waals surface area contributed by atoms with E-state index in [0.29, 0.717) is 31.1 Å². The molecular weight excluding hydrogens is 454 g/mol. The minimum atomic E-state index is -4.69. The zero-order valence-electron chi connectivity index (χ0n) is 17.4. The van der Waals surface area contributed by atoms with Crippen molar-refractivity contribution in [2.75, 3.05) is 0 Å². The van der Waals surface area contributed by atoms with Gasteiger partial charge in [0, 0.05) is 30.9 Å². The third-order valence-electron chi connectivity index (χ3n) is 5.28. The van der Waals surface area contributed by atoms with E-state index in [0.717, 1.165) is 10.7 Å². The lowest BCUT2D eigenvalue weighted by molar-refractivity contribution is -0.142. The van der Waals surface area contributed by atoms with Gasteiger partial charge in [0.2, 0.25) is 0 Å². The van der Waals surface area contributed by atoms with E-state index in [1.807, 2.05) is 0 Å². The van der Waals surface area contributed by atoms with Crippen LogP contribution in [-0.2, 0) is 25.9 Å². The summed E-state index contributed by atoms with van der Waals surface area (Å²) in [6, 6.07) is 4.04. The van der Waals surface area contributed by atoms with Gasteiger partial charge in [-0.25, -0.2) is 4.98 Å². The summed E-state index contributed by atoms with van der Waals surface area (Å²) < 4.78 is 80.6. The lowest BCUT2D eigenvalue weighted by Gasteiger charge is -2.24. The van der Waals surface area contributed by atoms with Crippen LogP contribution in [0.4, 0.5) is 26.3 Å². The Kier molecular flexibility index (Phi) is 5.45. The highest BCUT2D eigenvalue weighted by Crippen LogP contribution is 2.34. The minimum absolute atomic E-state index is 0.173. The van der Waals surface area contributed by atoms with Crippen LogP contribution in [0.3, 0.4) is 0 Å². The number of fused-ring (bicyclic) bond motifs is 1. The zero-order chi connectivity index (χ0) is 24.1. The maximum atomic E-state index is 13.2. The summed E-state index contributed by atoms with van der Waals surface area (Å²) in [5.41, 5.74) is -1.26. The second-order valence-electron chi connectivity index (χ2n) is 7.76. The molecule has 0 saturated carbocycles. The predicted molar refractivity (Wildman–Crippen MR) is 103 cm³/mol. The highest BCUT2D eigenvalue weighted by Gasteiger charge is 2.36. The third kappa shape index (κ3) is 4.57. The number of carbonyl (C=O) groups excluding carboxylic acids is 1. The quantitative estimate of drug-likeness (QED) is 0.577. The molecule has 4 heterocycles. The molecule has 0 fully saturated rings. The fraction of sp³-hybridized carbons (Fsp3) is 0.400. The first-order chi connectivity index (χ1) is 15.3. The first kappa shape index (κ1) is 22.8. The topological polar surface area (TPSA) is 77.6 Å². The van der Waals surface area contributed by atoms with Crippen LogP contribution >= 0.6 is 0 Å². The molecule has 0 radical (unpaired) electrons. The smallest absolute Gasteiger partial charge is 0.342 e. The number of hydrogen-bond acceptors (Lipinski definition) is 4. The van der Waals surface area contributed by atoms with Crippen LogP contribution in [0.15, 0.2) is 24.3 Å². The predicted octanol–water partition coefficient (Wildman–Crippen LogP) is 4.29. The van der Waals surface area contributed by atoms with Gasteiger partial charge in [-0.05, 0) is 38.0 Å². The fourth-order valence-electron chi connectivity index (χ4n) is 3.78. The Morgan fingerprint density at radius 3 is 2.36 bits per heavy atom. The van der Waals surface area contributed by atoms with Crippen LogP contribution in [0.25, 0.3) is 11.3 Å². The van der Waals surface area contributed by atoms with Crippen molar-refractivity contribution in [1.82, 2.24) is 29.9 Å². The molecule has 3 aromatic heterocycles. The van der Waals surface area contributed by atoms with E-state index >= 15 is 0 Å². The Labute approximate surface area is 183 Å². The number of amides is 1. The van der Waals surface area contributed by atoms with Gasteiger partial charge in [0.05, 0.1) is 17.4 Å². The van der Waals surface area contributed by atoms with Crippen molar-refractivity contribution in [3.8, 4) is 11.3 Å². The summed E-state index contributed by atoms with van der Waals surface area (Å²) in [4.78, 5) is 16.2. The number of carbonyl (C=O) groups is 1. The van der Waals surface area contributed by atoms with Gasteiger partial charge in [-0.1, -0.05) is 0 Å². The summed E-state index contributed by atoms with van der Waals surface area (Å²) in [5.74, 6) is -0.749. The SMILES string of the molecule is Cc1cc(-c2cc3n(n2)CCC[C@@H]3NC(=O)c2cc(C(F)(F)F)nn2C)cc(C(F)(F)F)n1. The minimum Gasteiger partial charge on any atom is -0.342 e. The lowest BCUT2D eigenvalue weighted by atomic mass is 10.0. The number of pyridine rings is 1. The van der Waals surface area contributed by atoms with Gasteiger partial charge in [0.25, 0.3) is 5.91 Å². The molecule has 3 aromatic rings. The molecule has 176 valence electrons. The summed E-state index contributed by atoms with van der Waals surface area (Å²) in [7, 11) is 1.23. The summed E-state index contributed by atoms with van der Waals surface area (Å²) in [5, 5.41) is 10.4. The maximum absolute atomic E-state index is 13.2. The number of alkyl halides is 6. The average molecular weight is 472 g/mol. The lowest BCUT2D eigenvalue weighted by Crippen LogP contribution is -2.33. The number of aromatic nitrogens is 5. The monoisotopic (exact) mass is 472 g/mol. The second-order valence-corrected chi connectivity index (χ2v) is 7.76. The zero-order valence-corrected chi connectivity index (χ0v) is 17.4. The van der Waals surface area contributed by atoms with Crippen LogP contribution in [-0.4, -0.2) is 30.5 Å². The van der Waals surface area contributed by atoms with E-state index in [1.165, 1.54) is 20.0 Å². The number of aryl methyl sites for hydroxylation is 3. The van der Waals surface area contributed by atoms with Crippen LogP contribution in [0.5, 0.6) is 0 Å². The number of hydrogen-bond donors (Lipinski definition) is 1. The van der Waals surface area contributed by atoms with Gasteiger partial charge in [-0.3, -0.25) is 14.2 Å². The van der Waals surface area contributed by atoms with Crippen molar-refractivity contribution < 1.29 is 31.1 Å². The van der Waals surface area contributed by atoms with Gasteiger partial charge >= 0.3 is 12.4 Å². The molecule has 33 heavy (non-hydrogen) atoms. The van der Waals surface area contributed by atoms with Gasteiger partial charge < -0.3 is 5.32 Å². The fourth-order valence-corrected chi connectivity index (χ4v) is 3.78. The van der Waals surface area contributed by atoms with Crippen molar-refractivity contribution >= 4 is 5.91 Å². The van der Waals surface area contributed by atoms with E-state index in [4.69, 9.17) is 0 Å². The molecule has 1 N–H and O–H groups in total. The molecule has 7 nitrogen and oxygen atoms in total. The molecule has 0 unspecified atom stereocenters. The molecule has 0 aromatic carbocycles. The normalized spacial score (nSPS) is 16.5. The molecule has 1 aliphatic heterocycles. The maximum Gasteiger partial charge on any atom is 0.435 e. The van der Waals surface area contributed by atoms with E-state index in [9.17, 15) is 31.1 Å². The van der Waals surface area contributed by atoms with Crippen molar-refractivity contribution in [2.45, 2.75) is 44.7 Å². The molecule has 1 atom stereocenters. The largest absolute Gasteiger partial charge is 0.435 e. The van der Waals surface area contributed by atoms with E-state index < -0.39 is 35.7 Å². The molecular formula is C20H18F6N6O. The standard InChI is InChI=1S/C20H18F6N6O/c1-10-6-11(7-16(27-10)19(21,22)23)13-8-14-12(4-3-5-32(14)29-13)28-18(33)15-9-17(20(24,25)26)30-31(15)2/h6-9,12H,3-5H2,1-2H3,(H,28,33)/t12-/m0/s1. The molecule has 0 spiro atoms. The third-order valence-corrected chi connectivity index (χ3v) is 5.28. The van der Waals surface area contributed by atoms with Crippen molar-refractivity contribution in [3.05, 3.63) is 52.7 Å². The highest BCUT2D eigenvalue weighted by atomic mass is 19.4. The van der Waals surface area contributed by atoms with Gasteiger partial charge in [0.15, 0.2) is 5.69 Å². The molecule has 1 amide bonds. The second kappa shape index (κ2) is 7.89. The number of nitrogens with one attached hydrogen (secondary N) is 1. The van der Waals surface area contributed by atoms with Crippen LogP contribution in [0.2, 0.25) is 0 Å². The number of halogens is 6. The number of nitrogens with zero attached hydrogens (tertiary/aromatic N) is 5. The summed E-state index contributed by atoms with van der Waals surface area (Å²) >= 11 is 0. The van der Waals surface area contributed by atoms with Gasteiger partial charge in [0.1, 0.15) is 11.4 Å². The Hall–Kier alpha value is -3.38. The van der Waals surface area contributed by atoms with Gasteiger partial charge in [-0.2, -0.15) is 36.5 Å². The Bertz CT molecular complexity index is 1210. The van der Waals surface area contributed by atoms with Crippen LogP contribution in [0.1, 0.15) is 52.1 Å². The number of rotatable bonds is 3. The molecule has 0 bridgehead atoms. The van der Waals surface area contributed by atoms with Crippen molar-refractivity contribution in [3.63, 3.8) is 0 Å². The Morgan fingerprint density at radius 2 is 1.73 bits per heavy atom. The van der Waals surface area contributed by atoms with Crippen molar-refractivity contribution in [2.24, 2.45) is 7.05 Å². The van der Waals surface area contributed by atoms with Crippen LogP contribution < -0.4 is 5.32 Å². The molecule has 13 heteroatoms. The van der Waals surface area contributed by atoms with Gasteiger partial charge in [-0.15, -0.1) is 0 Å². The van der Waals surface area contributed by atoms with Crippen LogP contribution in [0, 0.1) is 6.92 Å². The summed E-state index contributed by atoms with van der Waals surface area (Å²) in [6.07, 6.45) is -8.20. The Morgan fingerprint density at radius 1 is 1.03 bits per heavy atom. The molecule has 0 saturated heterocycles. The molecule has 1 aliphatic rings. The Balaban J connectivity index is 1.62. The first-order valence-corrected chi connectivity index (χ1v) is 9.89. The molecule has 0 aliphatic carbocycles. The average Bonchev–Trinajstić information content (AvgIpc) is 3.31. The van der Waals surface area contributed by atoms with E-state index in [1.54, 1.807) is 10.7 Å². The van der Waals surface area contributed by atoms with E-state index in [2.05, 4.69) is 20.5 Å². The van der Waals surface area contributed by atoms with Crippen molar-refractivity contribution in [1.29, 1.82) is 0 Å². The highest BCUT2D eigenvalue weighted by molar-refractivity contribution is 5.93. The van der Waals surface area contributed by atoms with E-state index in [-0.39, 0.29) is 22.6 Å². The first-order valence-electron chi connectivity index (χ1n) is 9.89. The molecule has 4 rings (SSSR count).